The van der Waals surface area contributed by atoms with Crippen molar-refractivity contribution in [2.45, 2.75) is 50.9 Å². The largest absolute Gasteiger partial charge is 0.342 e. The van der Waals surface area contributed by atoms with Crippen LogP contribution in [0.1, 0.15) is 55.7 Å². The molecule has 1 aliphatic heterocycles. The van der Waals surface area contributed by atoms with Crippen molar-refractivity contribution >= 4 is 17.6 Å². The standard InChI is InChI=1S/C33H38N4O2/c1-33(28-8-4-2-5-9-28,29-10-6-3-7-11-29)32(39)37(30(34)22-25-12-13-25)24-27-16-20-36(21-17-27)31(38)23-26-14-18-35-19-15-26/h2-11,14-15,18-19,25,27,34H,12-13,16-17,20-24H2,1H3. The summed E-state index contributed by atoms with van der Waals surface area (Å²) in [7, 11) is 0. The molecule has 2 fully saturated rings. The van der Waals surface area contributed by atoms with E-state index in [2.05, 4.69) is 4.98 Å². The highest BCUT2D eigenvalue weighted by Crippen LogP contribution is 2.37. The van der Waals surface area contributed by atoms with Crippen LogP contribution in [0, 0.1) is 17.2 Å². The van der Waals surface area contributed by atoms with E-state index in [9.17, 15) is 9.59 Å². The fourth-order valence-electron chi connectivity index (χ4n) is 5.66. The Bertz CT molecular complexity index is 1230. The Balaban J connectivity index is 1.33. The average molecular weight is 523 g/mol. The van der Waals surface area contributed by atoms with Crippen LogP contribution in [0.5, 0.6) is 0 Å². The van der Waals surface area contributed by atoms with Gasteiger partial charge in [-0.3, -0.25) is 24.9 Å². The first-order chi connectivity index (χ1) is 18.9. The van der Waals surface area contributed by atoms with E-state index in [1.54, 1.807) is 17.3 Å². The lowest BCUT2D eigenvalue weighted by atomic mass is 9.74. The van der Waals surface area contributed by atoms with Crippen molar-refractivity contribution in [3.05, 3.63) is 102 Å². The Morgan fingerprint density at radius 3 is 1.97 bits per heavy atom. The van der Waals surface area contributed by atoms with E-state index in [1.807, 2.05) is 84.6 Å². The van der Waals surface area contributed by atoms with E-state index in [0.717, 1.165) is 42.4 Å². The summed E-state index contributed by atoms with van der Waals surface area (Å²) in [5, 5.41) is 9.04. The van der Waals surface area contributed by atoms with Gasteiger partial charge in [-0.05, 0) is 73.3 Å². The number of pyridine rings is 1. The summed E-state index contributed by atoms with van der Waals surface area (Å²) >= 11 is 0. The summed E-state index contributed by atoms with van der Waals surface area (Å²) in [6.07, 6.45) is 8.40. The second-order valence-corrected chi connectivity index (χ2v) is 11.2. The number of amides is 2. The summed E-state index contributed by atoms with van der Waals surface area (Å²) in [5.74, 6) is 1.28. The van der Waals surface area contributed by atoms with Crippen LogP contribution in [0.15, 0.2) is 85.2 Å². The summed E-state index contributed by atoms with van der Waals surface area (Å²) in [6, 6.07) is 23.7. The van der Waals surface area contributed by atoms with Gasteiger partial charge in [0.2, 0.25) is 11.8 Å². The maximum atomic E-state index is 14.6. The fraction of sp³-hybridized carbons (Fsp3) is 0.394. The molecule has 1 saturated carbocycles. The molecule has 0 atom stereocenters. The number of hydrogen-bond acceptors (Lipinski definition) is 4. The van der Waals surface area contributed by atoms with E-state index in [4.69, 9.17) is 5.41 Å². The third kappa shape index (κ3) is 6.27. The van der Waals surface area contributed by atoms with Gasteiger partial charge in [-0.15, -0.1) is 0 Å². The molecule has 3 aromatic rings. The Labute approximate surface area is 231 Å². The number of amidine groups is 1. The number of benzene rings is 2. The highest BCUT2D eigenvalue weighted by atomic mass is 16.2. The summed E-state index contributed by atoms with van der Waals surface area (Å²) in [5.41, 5.74) is 1.94. The van der Waals surface area contributed by atoms with Gasteiger partial charge in [0.15, 0.2) is 0 Å². The average Bonchev–Trinajstić information content (AvgIpc) is 3.81. The Morgan fingerprint density at radius 1 is 0.872 bits per heavy atom. The zero-order valence-corrected chi connectivity index (χ0v) is 22.8. The Hall–Kier alpha value is -3.80. The van der Waals surface area contributed by atoms with Crippen LogP contribution in [0.2, 0.25) is 0 Å². The molecule has 2 amide bonds. The first kappa shape index (κ1) is 26.8. The van der Waals surface area contributed by atoms with Crippen molar-refractivity contribution in [1.29, 1.82) is 5.41 Å². The van der Waals surface area contributed by atoms with E-state index in [1.165, 1.54) is 0 Å². The van der Waals surface area contributed by atoms with Crippen LogP contribution in [0.4, 0.5) is 0 Å². The molecule has 2 aliphatic rings. The minimum absolute atomic E-state index is 0.0401. The van der Waals surface area contributed by atoms with Crippen LogP contribution in [-0.2, 0) is 21.4 Å². The highest BCUT2D eigenvalue weighted by molar-refractivity contribution is 6.03. The van der Waals surface area contributed by atoms with Crippen molar-refractivity contribution in [2.75, 3.05) is 19.6 Å². The Kier molecular flexibility index (Phi) is 8.20. The number of hydrogen-bond donors (Lipinski definition) is 1. The van der Waals surface area contributed by atoms with Gasteiger partial charge < -0.3 is 4.90 Å². The van der Waals surface area contributed by atoms with Gasteiger partial charge in [0.05, 0.1) is 11.8 Å². The molecular weight excluding hydrogens is 484 g/mol. The van der Waals surface area contributed by atoms with Crippen LogP contribution < -0.4 is 0 Å². The first-order valence-corrected chi connectivity index (χ1v) is 14.1. The van der Waals surface area contributed by atoms with Crippen LogP contribution in [0.3, 0.4) is 0 Å². The summed E-state index contributed by atoms with van der Waals surface area (Å²) < 4.78 is 0. The van der Waals surface area contributed by atoms with Gasteiger partial charge >= 0.3 is 0 Å². The molecule has 2 heterocycles. The lowest BCUT2D eigenvalue weighted by molar-refractivity contribution is -0.134. The van der Waals surface area contributed by atoms with Crippen molar-refractivity contribution < 1.29 is 9.59 Å². The SMILES string of the molecule is CC(C(=O)N(CC1CCN(C(=O)Cc2ccncc2)CC1)C(=N)CC1CC1)(c1ccccc1)c1ccccc1. The minimum Gasteiger partial charge on any atom is -0.342 e. The number of rotatable bonds is 9. The molecule has 0 radical (unpaired) electrons. The molecule has 6 heteroatoms. The van der Waals surface area contributed by atoms with Gasteiger partial charge in [-0.25, -0.2) is 0 Å². The quantitative estimate of drug-likeness (QED) is 0.299. The monoisotopic (exact) mass is 522 g/mol. The molecular formula is C33H38N4O2. The topological polar surface area (TPSA) is 77.4 Å². The molecule has 1 aromatic heterocycles. The van der Waals surface area contributed by atoms with E-state index in [0.29, 0.717) is 44.2 Å². The number of carbonyl (C=O) groups excluding carboxylic acids is 2. The maximum absolute atomic E-state index is 14.6. The maximum Gasteiger partial charge on any atom is 0.242 e. The Morgan fingerprint density at radius 2 is 1.44 bits per heavy atom. The number of nitrogens with one attached hydrogen (secondary N) is 1. The van der Waals surface area contributed by atoms with E-state index >= 15 is 0 Å². The second kappa shape index (κ2) is 11.9. The molecule has 1 aliphatic carbocycles. The van der Waals surface area contributed by atoms with Crippen LogP contribution in [0.25, 0.3) is 0 Å². The zero-order chi connectivity index (χ0) is 27.2. The summed E-state index contributed by atoms with van der Waals surface area (Å²) in [6.45, 7) is 3.88. The van der Waals surface area contributed by atoms with Gasteiger partial charge in [0.25, 0.3) is 0 Å². The number of aromatic nitrogens is 1. The summed E-state index contributed by atoms with van der Waals surface area (Å²) in [4.78, 5) is 35.2. The highest BCUT2D eigenvalue weighted by Gasteiger charge is 2.42. The van der Waals surface area contributed by atoms with E-state index in [-0.39, 0.29) is 17.7 Å². The minimum atomic E-state index is -0.903. The number of nitrogens with zero attached hydrogens (tertiary/aromatic N) is 3. The first-order valence-electron chi connectivity index (χ1n) is 14.1. The normalized spacial score (nSPS) is 16.1. The predicted molar refractivity (Wildman–Crippen MR) is 153 cm³/mol. The number of likely N-dealkylation sites (tertiary alicyclic amines) is 1. The van der Waals surface area contributed by atoms with Crippen molar-refractivity contribution in [1.82, 2.24) is 14.8 Å². The predicted octanol–water partition coefficient (Wildman–Crippen LogP) is 5.47. The van der Waals surface area contributed by atoms with Crippen molar-refractivity contribution in [2.24, 2.45) is 11.8 Å². The third-order valence-corrected chi connectivity index (χ3v) is 8.39. The van der Waals surface area contributed by atoms with E-state index < -0.39 is 5.41 Å². The lowest BCUT2D eigenvalue weighted by Crippen LogP contribution is -2.51. The van der Waals surface area contributed by atoms with Gasteiger partial charge in [0.1, 0.15) is 5.84 Å². The molecule has 0 spiro atoms. The molecule has 1 N–H and O–H groups in total. The smallest absolute Gasteiger partial charge is 0.242 e. The zero-order valence-electron chi connectivity index (χ0n) is 22.8. The molecule has 5 rings (SSSR count). The molecule has 0 unspecified atom stereocenters. The molecule has 2 aromatic carbocycles. The third-order valence-electron chi connectivity index (χ3n) is 8.39. The lowest BCUT2D eigenvalue weighted by Gasteiger charge is -2.39. The number of piperidine rings is 1. The van der Waals surface area contributed by atoms with Crippen molar-refractivity contribution in [3.8, 4) is 0 Å². The molecule has 39 heavy (non-hydrogen) atoms. The fourth-order valence-corrected chi connectivity index (χ4v) is 5.66. The molecule has 202 valence electrons. The van der Waals surface area contributed by atoms with Gasteiger partial charge in [0, 0.05) is 38.4 Å². The van der Waals surface area contributed by atoms with Crippen molar-refractivity contribution in [3.63, 3.8) is 0 Å². The van der Waals surface area contributed by atoms with Crippen LogP contribution >= 0.6 is 0 Å². The molecule has 1 saturated heterocycles. The molecule has 0 bridgehead atoms. The number of carbonyl (C=O) groups is 2. The van der Waals surface area contributed by atoms with Gasteiger partial charge in [-0.2, -0.15) is 0 Å². The van der Waals surface area contributed by atoms with Crippen LogP contribution in [-0.4, -0.2) is 52.1 Å². The second-order valence-electron chi connectivity index (χ2n) is 11.2. The van der Waals surface area contributed by atoms with Gasteiger partial charge in [-0.1, -0.05) is 60.7 Å². The molecule has 6 nitrogen and oxygen atoms in total.